The number of amides is 1. The fraction of sp³-hybridized carbons (Fsp3) is 0.316. The predicted molar refractivity (Wildman–Crippen MR) is 87.6 cm³/mol. The average Bonchev–Trinajstić information content (AvgIpc) is 2.55. The molecule has 0 atom stereocenters. The molecule has 0 fully saturated rings. The first-order chi connectivity index (χ1) is 11.6. The fourth-order valence-electron chi connectivity index (χ4n) is 2.39. The summed E-state index contributed by atoms with van der Waals surface area (Å²) >= 11 is 0. The van der Waals surface area contributed by atoms with Gasteiger partial charge in [-0.05, 0) is 29.3 Å². The molecule has 0 aliphatic carbocycles. The van der Waals surface area contributed by atoms with Gasteiger partial charge in [-0.3, -0.25) is 4.79 Å². The second-order valence-electron chi connectivity index (χ2n) is 6.54. The van der Waals surface area contributed by atoms with Crippen LogP contribution >= 0.6 is 0 Å². The number of hydrogen-bond donors (Lipinski definition) is 1. The highest BCUT2D eigenvalue weighted by Crippen LogP contribution is 2.32. The summed E-state index contributed by atoms with van der Waals surface area (Å²) in [6, 6.07) is 10.7. The SMILES string of the molecule is CC(C)(CNC(=O)Cc1ccc(F)cc1)c1cccc(C(F)(F)F)c1. The van der Waals surface area contributed by atoms with Crippen molar-refractivity contribution in [3.05, 3.63) is 71.0 Å². The van der Waals surface area contributed by atoms with E-state index in [0.717, 1.165) is 12.1 Å². The molecular formula is C19H19F4NO. The number of benzene rings is 2. The summed E-state index contributed by atoms with van der Waals surface area (Å²) in [6.07, 6.45) is -4.32. The van der Waals surface area contributed by atoms with Gasteiger partial charge in [0.15, 0.2) is 0 Å². The van der Waals surface area contributed by atoms with E-state index in [-0.39, 0.29) is 24.7 Å². The zero-order valence-electron chi connectivity index (χ0n) is 14.0. The molecule has 0 bridgehead atoms. The molecule has 1 amide bonds. The van der Waals surface area contributed by atoms with Crippen LogP contribution < -0.4 is 5.32 Å². The highest BCUT2D eigenvalue weighted by Gasteiger charge is 2.32. The Hall–Kier alpha value is -2.37. The maximum Gasteiger partial charge on any atom is 0.416 e. The Balaban J connectivity index is 2.01. The zero-order chi connectivity index (χ0) is 18.7. The molecule has 0 heterocycles. The second-order valence-corrected chi connectivity index (χ2v) is 6.54. The van der Waals surface area contributed by atoms with E-state index in [9.17, 15) is 22.4 Å². The van der Waals surface area contributed by atoms with Gasteiger partial charge in [-0.2, -0.15) is 13.2 Å². The number of alkyl halides is 3. The Morgan fingerprint density at radius 1 is 1.00 bits per heavy atom. The minimum absolute atomic E-state index is 0.0823. The molecule has 0 radical (unpaired) electrons. The Bertz CT molecular complexity index is 736. The molecule has 134 valence electrons. The smallest absolute Gasteiger partial charge is 0.355 e. The number of hydrogen-bond acceptors (Lipinski definition) is 1. The number of halogens is 4. The van der Waals surface area contributed by atoms with Gasteiger partial charge in [-0.15, -0.1) is 0 Å². The Morgan fingerprint density at radius 2 is 1.60 bits per heavy atom. The molecule has 0 unspecified atom stereocenters. The lowest BCUT2D eigenvalue weighted by atomic mass is 9.83. The van der Waals surface area contributed by atoms with Crippen LogP contribution in [0.1, 0.15) is 30.5 Å². The van der Waals surface area contributed by atoms with Crippen LogP contribution in [0.3, 0.4) is 0 Å². The van der Waals surface area contributed by atoms with E-state index in [1.165, 1.54) is 30.3 Å². The normalized spacial score (nSPS) is 12.1. The molecule has 0 aromatic heterocycles. The van der Waals surface area contributed by atoms with Crippen molar-refractivity contribution >= 4 is 5.91 Å². The summed E-state index contributed by atoms with van der Waals surface area (Å²) in [7, 11) is 0. The van der Waals surface area contributed by atoms with Crippen LogP contribution in [-0.4, -0.2) is 12.5 Å². The number of carbonyl (C=O) groups excluding carboxylic acids is 1. The molecule has 2 aromatic carbocycles. The lowest BCUT2D eigenvalue weighted by Crippen LogP contribution is -2.37. The maximum absolute atomic E-state index is 12.9. The van der Waals surface area contributed by atoms with Crippen molar-refractivity contribution in [3.8, 4) is 0 Å². The number of rotatable bonds is 5. The number of nitrogens with one attached hydrogen (secondary N) is 1. The molecule has 0 aliphatic rings. The van der Waals surface area contributed by atoms with E-state index < -0.39 is 17.2 Å². The molecular weight excluding hydrogens is 334 g/mol. The second kappa shape index (κ2) is 7.25. The Morgan fingerprint density at radius 3 is 2.20 bits per heavy atom. The van der Waals surface area contributed by atoms with Crippen LogP contribution in [0.25, 0.3) is 0 Å². The van der Waals surface area contributed by atoms with Gasteiger partial charge in [0, 0.05) is 12.0 Å². The third-order valence-corrected chi connectivity index (χ3v) is 3.98. The summed E-state index contributed by atoms with van der Waals surface area (Å²) in [6.45, 7) is 3.72. The van der Waals surface area contributed by atoms with Gasteiger partial charge >= 0.3 is 6.18 Å². The fourth-order valence-corrected chi connectivity index (χ4v) is 2.39. The molecule has 0 spiro atoms. The van der Waals surface area contributed by atoms with Crippen molar-refractivity contribution in [1.29, 1.82) is 0 Å². The molecule has 0 aliphatic heterocycles. The van der Waals surface area contributed by atoms with Crippen molar-refractivity contribution in [2.75, 3.05) is 6.54 Å². The molecule has 2 aromatic rings. The van der Waals surface area contributed by atoms with E-state index in [0.29, 0.717) is 11.1 Å². The molecule has 25 heavy (non-hydrogen) atoms. The Labute approximate surface area is 143 Å². The highest BCUT2D eigenvalue weighted by molar-refractivity contribution is 5.78. The van der Waals surface area contributed by atoms with E-state index in [1.54, 1.807) is 19.9 Å². The van der Waals surface area contributed by atoms with Crippen molar-refractivity contribution in [2.45, 2.75) is 31.9 Å². The van der Waals surface area contributed by atoms with Crippen molar-refractivity contribution in [2.24, 2.45) is 0 Å². The lowest BCUT2D eigenvalue weighted by Gasteiger charge is -2.26. The summed E-state index contributed by atoms with van der Waals surface area (Å²) in [5.41, 5.74) is -0.226. The first-order valence-electron chi connectivity index (χ1n) is 7.77. The first kappa shape index (κ1) is 19.0. The van der Waals surface area contributed by atoms with E-state index in [1.807, 2.05) is 0 Å². The quantitative estimate of drug-likeness (QED) is 0.789. The van der Waals surface area contributed by atoms with Gasteiger partial charge in [0.2, 0.25) is 5.91 Å². The van der Waals surface area contributed by atoms with Crippen LogP contribution in [-0.2, 0) is 22.8 Å². The summed E-state index contributed by atoms with van der Waals surface area (Å²) in [4.78, 5) is 12.0. The third-order valence-electron chi connectivity index (χ3n) is 3.98. The topological polar surface area (TPSA) is 29.1 Å². The van der Waals surface area contributed by atoms with Gasteiger partial charge in [0.05, 0.1) is 12.0 Å². The summed E-state index contributed by atoms with van der Waals surface area (Å²) < 4.78 is 51.4. The zero-order valence-corrected chi connectivity index (χ0v) is 14.0. The highest BCUT2D eigenvalue weighted by atomic mass is 19.4. The average molecular weight is 353 g/mol. The molecule has 2 nitrogen and oxygen atoms in total. The van der Waals surface area contributed by atoms with Gasteiger partial charge in [-0.25, -0.2) is 4.39 Å². The van der Waals surface area contributed by atoms with Gasteiger partial charge in [0.25, 0.3) is 0 Å². The van der Waals surface area contributed by atoms with Crippen molar-refractivity contribution in [1.82, 2.24) is 5.32 Å². The van der Waals surface area contributed by atoms with Gasteiger partial charge in [0.1, 0.15) is 5.82 Å². The molecule has 0 saturated heterocycles. The molecule has 2 rings (SSSR count). The van der Waals surface area contributed by atoms with Gasteiger partial charge in [-0.1, -0.05) is 44.2 Å². The minimum Gasteiger partial charge on any atom is -0.355 e. The van der Waals surface area contributed by atoms with Crippen LogP contribution in [0, 0.1) is 5.82 Å². The van der Waals surface area contributed by atoms with Crippen LogP contribution in [0.5, 0.6) is 0 Å². The van der Waals surface area contributed by atoms with E-state index in [2.05, 4.69) is 5.32 Å². The molecule has 1 N–H and O–H groups in total. The standard InChI is InChI=1S/C19H19F4NO/c1-18(2,14-4-3-5-15(11-14)19(21,22)23)12-24-17(25)10-13-6-8-16(20)9-7-13/h3-9,11H,10,12H2,1-2H3,(H,24,25). The predicted octanol–water partition coefficient (Wildman–Crippen LogP) is 4.48. The van der Waals surface area contributed by atoms with E-state index >= 15 is 0 Å². The van der Waals surface area contributed by atoms with E-state index in [4.69, 9.17) is 0 Å². The van der Waals surface area contributed by atoms with Crippen molar-refractivity contribution in [3.63, 3.8) is 0 Å². The maximum atomic E-state index is 12.9. The first-order valence-corrected chi connectivity index (χ1v) is 7.77. The Kier molecular flexibility index (Phi) is 5.50. The minimum atomic E-state index is -4.40. The largest absolute Gasteiger partial charge is 0.416 e. The monoisotopic (exact) mass is 353 g/mol. The van der Waals surface area contributed by atoms with Crippen LogP contribution in [0.15, 0.2) is 48.5 Å². The van der Waals surface area contributed by atoms with Gasteiger partial charge < -0.3 is 5.32 Å². The molecule has 6 heteroatoms. The third kappa shape index (κ3) is 5.31. The number of carbonyl (C=O) groups is 1. The summed E-state index contributed by atoms with van der Waals surface area (Å²) in [5.74, 6) is -0.651. The van der Waals surface area contributed by atoms with Crippen molar-refractivity contribution < 1.29 is 22.4 Å². The lowest BCUT2D eigenvalue weighted by molar-refractivity contribution is -0.137. The summed E-state index contributed by atoms with van der Waals surface area (Å²) in [5, 5.41) is 2.73. The molecule has 0 saturated carbocycles. The van der Waals surface area contributed by atoms with Crippen LogP contribution in [0.4, 0.5) is 17.6 Å². The van der Waals surface area contributed by atoms with Crippen LogP contribution in [0.2, 0.25) is 0 Å².